The van der Waals surface area contributed by atoms with Crippen molar-refractivity contribution in [1.29, 1.82) is 0 Å². The number of hydrogen-bond donors (Lipinski definition) is 0. The van der Waals surface area contributed by atoms with E-state index in [0.717, 1.165) is 88.4 Å². The van der Waals surface area contributed by atoms with E-state index in [1.807, 2.05) is 6.20 Å². The standard InChI is InChI=1S/C60H36N4/c1-3-15-39-29-42(27-25-37(39)13-1)55-35-56(43-28-26-38-14-2-4-16-40(38)30-43)64-60(63-55)46-32-44(54-34-41-17-5-6-18-47(41)48-19-7-8-22-51(48)54)31-45(33-46)57-36-61-58-52-23-11-9-20-49(52)50-21-10-12-24-53(50)59(58)62-57/h1-36H. The van der Waals surface area contributed by atoms with Gasteiger partial charge >= 0.3 is 0 Å². The van der Waals surface area contributed by atoms with Crippen LogP contribution in [0, 0.1) is 0 Å². The molecule has 0 saturated heterocycles. The molecule has 4 nitrogen and oxygen atoms in total. The summed E-state index contributed by atoms with van der Waals surface area (Å²) in [6.07, 6.45) is 1.93. The number of rotatable bonds is 5. The van der Waals surface area contributed by atoms with Gasteiger partial charge in [0.25, 0.3) is 0 Å². The third-order valence-corrected chi connectivity index (χ3v) is 12.8. The Bertz CT molecular complexity index is 3910. The van der Waals surface area contributed by atoms with Crippen LogP contribution in [0.1, 0.15) is 0 Å². The first-order valence-corrected chi connectivity index (χ1v) is 21.7. The Balaban J connectivity index is 1.09. The third kappa shape index (κ3) is 5.99. The highest BCUT2D eigenvalue weighted by atomic mass is 14.9. The van der Waals surface area contributed by atoms with E-state index in [9.17, 15) is 0 Å². The van der Waals surface area contributed by atoms with Crippen molar-refractivity contribution in [1.82, 2.24) is 19.9 Å². The Hall–Kier alpha value is -8.60. The quantitative estimate of drug-likeness (QED) is 0.162. The Labute approximate surface area is 368 Å². The molecular formula is C60H36N4. The van der Waals surface area contributed by atoms with Gasteiger partial charge in [0.05, 0.1) is 34.3 Å². The lowest BCUT2D eigenvalue weighted by molar-refractivity contribution is 1.18. The van der Waals surface area contributed by atoms with Crippen molar-refractivity contribution in [2.75, 3.05) is 0 Å². The first kappa shape index (κ1) is 36.1. The molecule has 11 aromatic carbocycles. The van der Waals surface area contributed by atoms with Gasteiger partial charge in [0.1, 0.15) is 0 Å². The minimum absolute atomic E-state index is 0.632. The molecule has 2 heterocycles. The average molecular weight is 813 g/mol. The average Bonchev–Trinajstić information content (AvgIpc) is 3.37. The molecule has 0 saturated carbocycles. The molecule has 0 aliphatic rings. The van der Waals surface area contributed by atoms with Crippen LogP contribution < -0.4 is 0 Å². The highest BCUT2D eigenvalue weighted by Crippen LogP contribution is 2.41. The van der Waals surface area contributed by atoms with Crippen molar-refractivity contribution in [3.63, 3.8) is 0 Å². The summed E-state index contributed by atoms with van der Waals surface area (Å²) in [4.78, 5) is 21.5. The summed E-state index contributed by atoms with van der Waals surface area (Å²) in [5, 5.41) is 14.0. The maximum Gasteiger partial charge on any atom is 0.160 e. The molecule has 13 rings (SSSR count). The zero-order valence-electron chi connectivity index (χ0n) is 34.6. The van der Waals surface area contributed by atoms with Crippen LogP contribution in [0.5, 0.6) is 0 Å². The number of benzene rings is 11. The minimum atomic E-state index is 0.632. The molecule has 0 atom stereocenters. The highest BCUT2D eigenvalue weighted by Gasteiger charge is 2.18. The summed E-state index contributed by atoms with van der Waals surface area (Å²) in [7, 11) is 0. The van der Waals surface area contributed by atoms with Crippen LogP contribution in [0.3, 0.4) is 0 Å². The second-order valence-electron chi connectivity index (χ2n) is 16.6. The van der Waals surface area contributed by atoms with Gasteiger partial charge in [0, 0.05) is 33.0 Å². The fourth-order valence-corrected chi connectivity index (χ4v) is 9.68. The normalized spacial score (nSPS) is 11.8. The molecule has 296 valence electrons. The summed E-state index contributed by atoms with van der Waals surface area (Å²) >= 11 is 0. The van der Waals surface area contributed by atoms with Crippen molar-refractivity contribution in [2.24, 2.45) is 0 Å². The van der Waals surface area contributed by atoms with Gasteiger partial charge in [-0.3, -0.25) is 4.98 Å². The fourth-order valence-electron chi connectivity index (χ4n) is 9.68. The topological polar surface area (TPSA) is 51.6 Å². The zero-order valence-corrected chi connectivity index (χ0v) is 34.6. The molecule has 0 unspecified atom stereocenters. The first-order valence-electron chi connectivity index (χ1n) is 21.7. The molecule has 0 fully saturated rings. The van der Waals surface area contributed by atoms with E-state index in [0.29, 0.717) is 5.82 Å². The van der Waals surface area contributed by atoms with Crippen molar-refractivity contribution in [3.8, 4) is 56.3 Å². The molecule has 0 spiro atoms. The molecule has 0 bridgehead atoms. The van der Waals surface area contributed by atoms with Crippen LogP contribution >= 0.6 is 0 Å². The summed E-state index contributed by atoms with van der Waals surface area (Å²) in [5.74, 6) is 0.632. The largest absolute Gasteiger partial charge is 0.252 e. The predicted octanol–water partition coefficient (Wildman–Crippen LogP) is 15.7. The molecular weight excluding hydrogens is 777 g/mol. The number of fused-ring (bicyclic) bond motifs is 11. The van der Waals surface area contributed by atoms with E-state index in [-0.39, 0.29) is 0 Å². The minimum Gasteiger partial charge on any atom is -0.252 e. The lowest BCUT2D eigenvalue weighted by Gasteiger charge is -2.16. The Morgan fingerprint density at radius 1 is 0.250 bits per heavy atom. The van der Waals surface area contributed by atoms with E-state index < -0.39 is 0 Å². The van der Waals surface area contributed by atoms with Gasteiger partial charge in [-0.2, -0.15) is 0 Å². The molecule has 64 heavy (non-hydrogen) atoms. The summed E-state index contributed by atoms with van der Waals surface area (Å²) in [6, 6.07) is 75.6. The molecule has 0 radical (unpaired) electrons. The second kappa shape index (κ2) is 14.5. The van der Waals surface area contributed by atoms with E-state index in [2.05, 4.69) is 212 Å². The van der Waals surface area contributed by atoms with Crippen LogP contribution in [0.25, 0.3) is 132 Å². The summed E-state index contributed by atoms with van der Waals surface area (Å²) in [5.41, 5.74) is 10.3. The van der Waals surface area contributed by atoms with Gasteiger partial charge in [0.15, 0.2) is 5.82 Å². The van der Waals surface area contributed by atoms with Gasteiger partial charge < -0.3 is 0 Å². The maximum absolute atomic E-state index is 5.49. The third-order valence-electron chi connectivity index (χ3n) is 12.8. The molecule has 0 aliphatic carbocycles. The van der Waals surface area contributed by atoms with Crippen molar-refractivity contribution in [2.45, 2.75) is 0 Å². The molecule has 0 N–H and O–H groups in total. The summed E-state index contributed by atoms with van der Waals surface area (Å²) < 4.78 is 0. The number of nitrogens with zero attached hydrogens (tertiary/aromatic N) is 4. The van der Waals surface area contributed by atoms with Crippen molar-refractivity contribution >= 4 is 75.7 Å². The second-order valence-corrected chi connectivity index (χ2v) is 16.6. The van der Waals surface area contributed by atoms with Gasteiger partial charge in [-0.15, -0.1) is 0 Å². The molecule has 0 aliphatic heterocycles. The van der Waals surface area contributed by atoms with Crippen LogP contribution in [0.4, 0.5) is 0 Å². The monoisotopic (exact) mass is 812 g/mol. The van der Waals surface area contributed by atoms with E-state index >= 15 is 0 Å². The zero-order chi connectivity index (χ0) is 42.1. The molecule has 13 aromatic rings. The van der Waals surface area contributed by atoms with Crippen molar-refractivity contribution in [3.05, 3.63) is 219 Å². The van der Waals surface area contributed by atoms with E-state index in [1.54, 1.807) is 0 Å². The van der Waals surface area contributed by atoms with E-state index in [1.165, 1.54) is 37.7 Å². The lowest BCUT2D eigenvalue weighted by atomic mass is 9.91. The van der Waals surface area contributed by atoms with Gasteiger partial charge in [-0.05, 0) is 107 Å². The van der Waals surface area contributed by atoms with Crippen LogP contribution in [-0.4, -0.2) is 19.9 Å². The Morgan fingerprint density at radius 3 is 1.34 bits per heavy atom. The molecule has 2 aromatic heterocycles. The Kier molecular flexibility index (Phi) is 8.18. The number of hydrogen-bond acceptors (Lipinski definition) is 4. The van der Waals surface area contributed by atoms with Gasteiger partial charge in [0.2, 0.25) is 0 Å². The van der Waals surface area contributed by atoms with Gasteiger partial charge in [-0.25, -0.2) is 15.0 Å². The van der Waals surface area contributed by atoms with Crippen LogP contribution in [0.15, 0.2) is 219 Å². The lowest BCUT2D eigenvalue weighted by Crippen LogP contribution is -1.98. The fraction of sp³-hybridized carbons (Fsp3) is 0. The Morgan fingerprint density at radius 2 is 0.719 bits per heavy atom. The maximum atomic E-state index is 5.49. The summed E-state index contributed by atoms with van der Waals surface area (Å²) in [6.45, 7) is 0. The smallest absolute Gasteiger partial charge is 0.160 e. The predicted molar refractivity (Wildman–Crippen MR) is 267 cm³/mol. The first-order chi connectivity index (χ1) is 31.7. The van der Waals surface area contributed by atoms with Crippen molar-refractivity contribution < 1.29 is 0 Å². The van der Waals surface area contributed by atoms with E-state index in [4.69, 9.17) is 19.9 Å². The SMILES string of the molecule is c1ccc2cc(-c3cc(-c4ccc5ccccc5c4)nc(-c4cc(-c5cnc6c7ccccc7c7ccccc7c6n5)cc(-c5cc6ccccc6c6ccccc56)c4)n3)ccc2c1. The van der Waals surface area contributed by atoms with Gasteiger partial charge in [-0.1, -0.05) is 170 Å². The molecule has 0 amide bonds. The number of aromatic nitrogens is 4. The molecule has 4 heteroatoms. The van der Waals surface area contributed by atoms with Crippen LogP contribution in [0.2, 0.25) is 0 Å². The van der Waals surface area contributed by atoms with Crippen LogP contribution in [-0.2, 0) is 0 Å². The highest BCUT2D eigenvalue weighted by molar-refractivity contribution is 6.23.